The van der Waals surface area contributed by atoms with Crippen molar-refractivity contribution >= 4 is 22.6 Å². The summed E-state index contributed by atoms with van der Waals surface area (Å²) in [7, 11) is 0. The molecule has 2 aliphatic rings. The fraction of sp³-hybridized carbons (Fsp3) is 0.382. The number of Topliss-reactive ketones (excluding diaryl/α,β-unsaturated/α-hetero) is 1. The van der Waals surface area contributed by atoms with Crippen LogP contribution < -0.4 is 0 Å². The van der Waals surface area contributed by atoms with Crippen LogP contribution in [0.2, 0.25) is 0 Å². The van der Waals surface area contributed by atoms with Crippen molar-refractivity contribution in [3.8, 4) is 11.1 Å². The summed E-state index contributed by atoms with van der Waals surface area (Å²) in [5.41, 5.74) is 5.14. The maximum Gasteiger partial charge on any atom is 0.253 e. The number of rotatable bonds is 8. The molecule has 4 aromatic rings. The molecule has 3 aromatic carbocycles. The number of aromatic nitrogens is 2. The van der Waals surface area contributed by atoms with Gasteiger partial charge in [0, 0.05) is 48.8 Å². The molecule has 0 aliphatic carbocycles. The number of ether oxygens (including phenoxy) is 2. The molecule has 0 bridgehead atoms. The Morgan fingerprint density at radius 1 is 0.952 bits per heavy atom. The SMILES string of the molecule is Cc1c(C(=O)CCC2COCCO2)ccc2nn(CC3CCN(C(=O)c4ccc(-c5ccc(F)cc5)cc4)CC3)cc12. The highest BCUT2D eigenvalue weighted by Crippen LogP contribution is 2.26. The summed E-state index contributed by atoms with van der Waals surface area (Å²) >= 11 is 0. The average molecular weight is 570 g/mol. The van der Waals surface area contributed by atoms with Crippen molar-refractivity contribution < 1.29 is 23.5 Å². The summed E-state index contributed by atoms with van der Waals surface area (Å²) in [5, 5.41) is 5.80. The molecule has 8 heteroatoms. The van der Waals surface area contributed by atoms with E-state index in [0.717, 1.165) is 52.5 Å². The van der Waals surface area contributed by atoms with Crippen LogP contribution in [-0.2, 0) is 16.0 Å². The van der Waals surface area contributed by atoms with E-state index in [9.17, 15) is 14.0 Å². The molecule has 0 radical (unpaired) electrons. The normalized spacial score (nSPS) is 18.0. The second kappa shape index (κ2) is 12.5. The summed E-state index contributed by atoms with van der Waals surface area (Å²) < 4.78 is 26.4. The first kappa shape index (κ1) is 28.2. The van der Waals surface area contributed by atoms with Crippen molar-refractivity contribution in [2.75, 3.05) is 32.9 Å². The zero-order valence-corrected chi connectivity index (χ0v) is 23.9. The van der Waals surface area contributed by atoms with Gasteiger partial charge in [-0.25, -0.2) is 4.39 Å². The molecule has 2 fully saturated rings. The third kappa shape index (κ3) is 6.30. The summed E-state index contributed by atoms with van der Waals surface area (Å²) in [4.78, 5) is 28.1. The van der Waals surface area contributed by atoms with Crippen molar-refractivity contribution in [1.29, 1.82) is 0 Å². The van der Waals surface area contributed by atoms with Crippen LogP contribution in [0.4, 0.5) is 4.39 Å². The van der Waals surface area contributed by atoms with Gasteiger partial charge < -0.3 is 14.4 Å². The van der Waals surface area contributed by atoms with Crippen LogP contribution in [0.5, 0.6) is 0 Å². The quantitative estimate of drug-likeness (QED) is 0.241. The lowest BCUT2D eigenvalue weighted by Crippen LogP contribution is -2.39. The van der Waals surface area contributed by atoms with E-state index in [4.69, 9.17) is 14.6 Å². The number of aryl methyl sites for hydroxylation is 1. The van der Waals surface area contributed by atoms with E-state index in [0.29, 0.717) is 57.2 Å². The van der Waals surface area contributed by atoms with Crippen LogP contribution in [0, 0.1) is 18.7 Å². The largest absolute Gasteiger partial charge is 0.376 e. The Morgan fingerprint density at radius 2 is 1.67 bits per heavy atom. The molecule has 0 saturated carbocycles. The van der Waals surface area contributed by atoms with Gasteiger partial charge in [0.25, 0.3) is 5.91 Å². The smallest absolute Gasteiger partial charge is 0.253 e. The zero-order valence-electron chi connectivity index (χ0n) is 23.9. The van der Waals surface area contributed by atoms with E-state index in [2.05, 4.69) is 6.20 Å². The number of nitrogens with zero attached hydrogens (tertiary/aromatic N) is 3. The first-order valence-corrected chi connectivity index (χ1v) is 14.8. The number of fused-ring (bicyclic) bond motifs is 1. The number of ketones is 1. The number of carbonyl (C=O) groups is 2. The van der Waals surface area contributed by atoms with Gasteiger partial charge in [0.15, 0.2) is 5.78 Å². The van der Waals surface area contributed by atoms with Gasteiger partial charge in [-0.05, 0) is 85.2 Å². The number of benzene rings is 3. The van der Waals surface area contributed by atoms with Crippen molar-refractivity contribution in [3.63, 3.8) is 0 Å². The van der Waals surface area contributed by atoms with E-state index >= 15 is 0 Å². The van der Waals surface area contributed by atoms with Crippen LogP contribution in [0.25, 0.3) is 22.0 Å². The van der Waals surface area contributed by atoms with Gasteiger partial charge in [-0.15, -0.1) is 0 Å². The van der Waals surface area contributed by atoms with E-state index in [-0.39, 0.29) is 23.6 Å². The molecular weight excluding hydrogens is 533 g/mol. The Hall–Kier alpha value is -3.88. The number of hydrogen-bond donors (Lipinski definition) is 0. The van der Waals surface area contributed by atoms with Crippen molar-refractivity contribution in [3.05, 3.63) is 89.4 Å². The highest BCUT2D eigenvalue weighted by atomic mass is 19.1. The van der Waals surface area contributed by atoms with Gasteiger partial charge in [0.2, 0.25) is 0 Å². The third-order valence-corrected chi connectivity index (χ3v) is 8.54. The Labute approximate surface area is 245 Å². The van der Waals surface area contributed by atoms with Crippen LogP contribution >= 0.6 is 0 Å². The molecule has 2 saturated heterocycles. The lowest BCUT2D eigenvalue weighted by atomic mass is 9.96. The van der Waals surface area contributed by atoms with Gasteiger partial charge in [-0.1, -0.05) is 24.3 Å². The fourth-order valence-electron chi connectivity index (χ4n) is 6.02. The number of piperidine rings is 1. The average Bonchev–Trinajstić information content (AvgIpc) is 3.44. The summed E-state index contributed by atoms with van der Waals surface area (Å²) in [6, 6.07) is 17.7. The molecule has 2 aliphatic heterocycles. The molecule has 1 unspecified atom stereocenters. The second-order valence-corrected chi connectivity index (χ2v) is 11.4. The molecule has 1 atom stereocenters. The van der Waals surface area contributed by atoms with Gasteiger partial charge in [0.05, 0.1) is 31.4 Å². The number of amides is 1. The van der Waals surface area contributed by atoms with Gasteiger partial charge in [-0.3, -0.25) is 14.3 Å². The lowest BCUT2D eigenvalue weighted by Gasteiger charge is -2.32. The predicted octanol–water partition coefficient (Wildman–Crippen LogP) is 6.08. The summed E-state index contributed by atoms with van der Waals surface area (Å²) in [6.45, 7) is 5.96. The Bertz CT molecular complexity index is 1550. The second-order valence-electron chi connectivity index (χ2n) is 11.4. The minimum atomic E-state index is -0.265. The number of likely N-dealkylation sites (tertiary alicyclic amines) is 1. The van der Waals surface area contributed by atoms with Crippen LogP contribution in [0.1, 0.15) is 52.0 Å². The fourth-order valence-corrected chi connectivity index (χ4v) is 6.02. The van der Waals surface area contributed by atoms with Gasteiger partial charge in [-0.2, -0.15) is 5.10 Å². The summed E-state index contributed by atoms with van der Waals surface area (Å²) in [6.07, 6.45) is 4.96. The molecule has 1 aromatic heterocycles. The number of hydrogen-bond acceptors (Lipinski definition) is 5. The zero-order chi connectivity index (χ0) is 29.1. The van der Waals surface area contributed by atoms with Crippen molar-refractivity contribution in [2.45, 2.75) is 45.3 Å². The maximum atomic E-state index is 13.2. The van der Waals surface area contributed by atoms with E-state index in [1.54, 1.807) is 12.1 Å². The van der Waals surface area contributed by atoms with Crippen molar-refractivity contribution in [1.82, 2.24) is 14.7 Å². The topological polar surface area (TPSA) is 73.7 Å². The minimum absolute atomic E-state index is 0.00966. The molecular formula is C34H36FN3O4. The maximum absolute atomic E-state index is 13.2. The summed E-state index contributed by atoms with van der Waals surface area (Å²) in [5.74, 6) is 0.319. The standard InChI is InChI=1S/C34H36FN3O4/c1-23-30(33(39)13-10-29-22-41-18-19-42-29)11-12-32-31(23)21-38(36-32)20-24-14-16-37(17-15-24)34(40)27-4-2-25(3-5-27)26-6-8-28(35)9-7-26/h2-9,11-12,21,24,29H,10,13-20,22H2,1H3. The predicted molar refractivity (Wildman–Crippen MR) is 159 cm³/mol. The first-order valence-electron chi connectivity index (χ1n) is 14.8. The van der Waals surface area contributed by atoms with Crippen molar-refractivity contribution in [2.24, 2.45) is 5.92 Å². The molecule has 1 amide bonds. The molecule has 218 valence electrons. The highest BCUT2D eigenvalue weighted by Gasteiger charge is 2.25. The van der Waals surface area contributed by atoms with E-state index in [1.165, 1.54) is 12.1 Å². The Kier molecular flexibility index (Phi) is 8.44. The molecule has 42 heavy (non-hydrogen) atoms. The van der Waals surface area contributed by atoms with E-state index < -0.39 is 0 Å². The lowest BCUT2D eigenvalue weighted by molar-refractivity contribution is -0.0902. The van der Waals surface area contributed by atoms with Crippen LogP contribution in [0.15, 0.2) is 66.9 Å². The van der Waals surface area contributed by atoms with Gasteiger partial charge in [0.1, 0.15) is 5.82 Å². The van der Waals surface area contributed by atoms with E-state index in [1.807, 2.05) is 52.9 Å². The minimum Gasteiger partial charge on any atom is -0.376 e. The number of carbonyl (C=O) groups excluding carboxylic acids is 2. The molecule has 0 N–H and O–H groups in total. The Morgan fingerprint density at radius 3 is 2.36 bits per heavy atom. The molecule has 6 rings (SSSR count). The molecule has 0 spiro atoms. The first-order chi connectivity index (χ1) is 20.4. The third-order valence-electron chi connectivity index (χ3n) is 8.54. The van der Waals surface area contributed by atoms with Crippen LogP contribution in [0.3, 0.4) is 0 Å². The number of halogens is 1. The van der Waals surface area contributed by atoms with Gasteiger partial charge >= 0.3 is 0 Å². The van der Waals surface area contributed by atoms with Crippen LogP contribution in [-0.4, -0.2) is 65.4 Å². The molecule has 7 nitrogen and oxygen atoms in total. The monoisotopic (exact) mass is 569 g/mol. The highest BCUT2D eigenvalue weighted by molar-refractivity contribution is 6.01. The Balaban J connectivity index is 1.03. The molecule has 3 heterocycles.